The number of aromatic amines is 1. The number of piperazine rings is 1. The zero-order valence-electron chi connectivity index (χ0n) is 9.81. The van der Waals surface area contributed by atoms with Crippen LogP contribution in [0.3, 0.4) is 0 Å². The smallest absolute Gasteiger partial charge is 0.352 e. The maximum Gasteiger partial charge on any atom is 0.352 e. The Morgan fingerprint density at radius 2 is 2.11 bits per heavy atom. The molecule has 0 amide bonds. The molecule has 1 saturated heterocycles. The fourth-order valence-electron chi connectivity index (χ4n) is 2.18. The van der Waals surface area contributed by atoms with E-state index in [2.05, 4.69) is 20.2 Å². The van der Waals surface area contributed by atoms with Crippen molar-refractivity contribution in [2.24, 2.45) is 0 Å². The van der Waals surface area contributed by atoms with Crippen LogP contribution in [0.25, 0.3) is 11.0 Å². The highest BCUT2D eigenvalue weighted by Gasteiger charge is 2.13. The van der Waals surface area contributed by atoms with Gasteiger partial charge < -0.3 is 20.3 Å². The van der Waals surface area contributed by atoms with Crippen LogP contribution in [-0.4, -0.2) is 47.2 Å². The molecule has 1 aliphatic rings. The van der Waals surface area contributed by atoms with E-state index >= 15 is 0 Å². The van der Waals surface area contributed by atoms with E-state index in [-0.39, 0.29) is 5.69 Å². The number of H-pyrrole nitrogens is 1. The molecule has 1 aliphatic heterocycles. The van der Waals surface area contributed by atoms with Crippen molar-refractivity contribution < 1.29 is 9.90 Å². The number of fused-ring (bicyclic) bond motifs is 1. The van der Waals surface area contributed by atoms with Gasteiger partial charge in [0.25, 0.3) is 0 Å². The van der Waals surface area contributed by atoms with Crippen molar-refractivity contribution in [1.29, 1.82) is 0 Å². The van der Waals surface area contributed by atoms with Crippen LogP contribution in [0.2, 0.25) is 0 Å². The first-order valence-electron chi connectivity index (χ1n) is 5.93. The van der Waals surface area contributed by atoms with Crippen molar-refractivity contribution in [1.82, 2.24) is 15.3 Å². The fraction of sp³-hybridized carbons (Fsp3) is 0.333. The quantitative estimate of drug-likeness (QED) is 0.725. The van der Waals surface area contributed by atoms with Crippen LogP contribution in [0.15, 0.2) is 18.2 Å². The highest BCUT2D eigenvalue weighted by Crippen LogP contribution is 2.19. The van der Waals surface area contributed by atoms with Gasteiger partial charge >= 0.3 is 5.97 Å². The van der Waals surface area contributed by atoms with Crippen molar-refractivity contribution in [3.63, 3.8) is 0 Å². The summed E-state index contributed by atoms with van der Waals surface area (Å²) in [5, 5.41) is 13.0. The minimum Gasteiger partial charge on any atom is -0.477 e. The predicted molar refractivity (Wildman–Crippen MR) is 68.1 cm³/mol. The van der Waals surface area contributed by atoms with Gasteiger partial charge in [-0.05, 0) is 18.2 Å². The summed E-state index contributed by atoms with van der Waals surface area (Å²) in [5.41, 5.74) is 0.804. The number of aromatic nitrogens is 2. The lowest BCUT2D eigenvalue weighted by atomic mass is 10.3. The van der Waals surface area contributed by atoms with Crippen LogP contribution in [-0.2, 0) is 0 Å². The fourth-order valence-corrected chi connectivity index (χ4v) is 2.18. The van der Waals surface area contributed by atoms with E-state index in [1.54, 1.807) is 6.07 Å². The number of carboxylic acid groups (broad SMARTS) is 1. The molecule has 3 rings (SSSR count). The third-order valence-electron chi connectivity index (χ3n) is 3.14. The molecule has 1 fully saturated rings. The minimum atomic E-state index is -0.961. The van der Waals surface area contributed by atoms with Crippen LogP contribution in [0, 0.1) is 0 Å². The Labute approximate surface area is 104 Å². The second-order valence-electron chi connectivity index (χ2n) is 4.33. The van der Waals surface area contributed by atoms with Crippen molar-refractivity contribution in [3.05, 3.63) is 23.9 Å². The molecule has 0 spiro atoms. The van der Waals surface area contributed by atoms with Crippen molar-refractivity contribution in [3.8, 4) is 0 Å². The van der Waals surface area contributed by atoms with Crippen LogP contribution >= 0.6 is 0 Å². The van der Waals surface area contributed by atoms with E-state index in [1.165, 1.54) is 0 Å². The summed E-state index contributed by atoms with van der Waals surface area (Å²) >= 11 is 0. The number of rotatable bonds is 2. The molecular weight excluding hydrogens is 232 g/mol. The van der Waals surface area contributed by atoms with Gasteiger partial charge in [-0.25, -0.2) is 9.78 Å². The van der Waals surface area contributed by atoms with Gasteiger partial charge in [-0.15, -0.1) is 0 Å². The number of hydrogen-bond acceptors (Lipinski definition) is 4. The summed E-state index contributed by atoms with van der Waals surface area (Å²) in [4.78, 5) is 20.4. The number of anilines is 1. The standard InChI is InChI=1S/C12H14N4O2/c17-12(18)9-7-8-1-2-10(15-11(8)14-9)16-5-3-13-4-6-16/h1-2,7,13H,3-6H2,(H,14,15)(H,17,18). The minimum absolute atomic E-state index is 0.176. The lowest BCUT2D eigenvalue weighted by molar-refractivity contribution is 0.0691. The highest BCUT2D eigenvalue weighted by atomic mass is 16.4. The Hall–Kier alpha value is -2.08. The molecule has 3 heterocycles. The lowest BCUT2D eigenvalue weighted by Crippen LogP contribution is -2.43. The maximum atomic E-state index is 10.9. The number of carbonyl (C=O) groups is 1. The van der Waals surface area contributed by atoms with Gasteiger partial charge in [-0.3, -0.25) is 0 Å². The van der Waals surface area contributed by atoms with Crippen LogP contribution in [0.1, 0.15) is 10.5 Å². The number of nitrogens with one attached hydrogen (secondary N) is 2. The molecule has 18 heavy (non-hydrogen) atoms. The van der Waals surface area contributed by atoms with E-state index in [0.29, 0.717) is 5.65 Å². The molecule has 0 aliphatic carbocycles. The van der Waals surface area contributed by atoms with Gasteiger partial charge in [0.2, 0.25) is 0 Å². The average Bonchev–Trinajstić information content (AvgIpc) is 2.82. The van der Waals surface area contributed by atoms with Crippen LogP contribution in [0.4, 0.5) is 5.82 Å². The van der Waals surface area contributed by atoms with Crippen molar-refractivity contribution in [2.45, 2.75) is 0 Å². The van der Waals surface area contributed by atoms with Gasteiger partial charge in [0, 0.05) is 31.6 Å². The number of carboxylic acids is 1. The zero-order valence-corrected chi connectivity index (χ0v) is 9.81. The summed E-state index contributed by atoms with van der Waals surface area (Å²) in [6.45, 7) is 3.74. The van der Waals surface area contributed by atoms with Crippen molar-refractivity contribution >= 4 is 22.8 Å². The topological polar surface area (TPSA) is 81.2 Å². The van der Waals surface area contributed by atoms with Gasteiger partial charge in [0.1, 0.15) is 17.2 Å². The third-order valence-corrected chi connectivity index (χ3v) is 3.14. The molecule has 0 bridgehead atoms. The first-order chi connectivity index (χ1) is 8.74. The summed E-state index contributed by atoms with van der Waals surface area (Å²) in [6, 6.07) is 5.45. The molecule has 3 N–H and O–H groups in total. The SMILES string of the molecule is O=C(O)c1cc2ccc(N3CCNCC3)nc2[nH]1. The summed E-state index contributed by atoms with van der Waals surface area (Å²) in [7, 11) is 0. The molecular formula is C12H14N4O2. The molecule has 6 heteroatoms. The molecule has 0 atom stereocenters. The van der Waals surface area contributed by atoms with E-state index < -0.39 is 5.97 Å². The second kappa shape index (κ2) is 4.30. The summed E-state index contributed by atoms with van der Waals surface area (Å²) < 4.78 is 0. The van der Waals surface area contributed by atoms with Crippen molar-refractivity contribution in [2.75, 3.05) is 31.1 Å². The molecule has 2 aromatic heterocycles. The molecule has 6 nitrogen and oxygen atoms in total. The first-order valence-corrected chi connectivity index (χ1v) is 5.93. The molecule has 2 aromatic rings. The molecule has 0 radical (unpaired) electrons. The molecule has 0 aromatic carbocycles. The Bertz CT molecular complexity index is 587. The predicted octanol–water partition coefficient (Wildman–Crippen LogP) is 0.671. The number of aromatic carboxylic acids is 1. The van der Waals surface area contributed by atoms with E-state index in [9.17, 15) is 4.79 Å². The first kappa shape index (κ1) is 11.0. The van der Waals surface area contributed by atoms with Gasteiger partial charge in [-0.2, -0.15) is 0 Å². The van der Waals surface area contributed by atoms with Gasteiger partial charge in [0.05, 0.1) is 0 Å². The molecule has 94 valence electrons. The Morgan fingerprint density at radius 3 is 2.83 bits per heavy atom. The van der Waals surface area contributed by atoms with E-state index in [1.807, 2.05) is 12.1 Å². The Balaban J connectivity index is 1.96. The number of pyridine rings is 1. The second-order valence-corrected chi connectivity index (χ2v) is 4.33. The number of hydrogen-bond donors (Lipinski definition) is 3. The lowest BCUT2D eigenvalue weighted by Gasteiger charge is -2.28. The van der Waals surface area contributed by atoms with Crippen LogP contribution < -0.4 is 10.2 Å². The maximum absolute atomic E-state index is 10.9. The van der Waals surface area contributed by atoms with Crippen LogP contribution in [0.5, 0.6) is 0 Å². The zero-order chi connectivity index (χ0) is 12.5. The Kier molecular flexibility index (Phi) is 2.64. The van der Waals surface area contributed by atoms with E-state index in [4.69, 9.17) is 5.11 Å². The average molecular weight is 246 g/mol. The van der Waals surface area contributed by atoms with E-state index in [0.717, 1.165) is 37.4 Å². The largest absolute Gasteiger partial charge is 0.477 e. The van der Waals surface area contributed by atoms with Gasteiger partial charge in [0.15, 0.2) is 0 Å². The third kappa shape index (κ3) is 1.91. The normalized spacial score (nSPS) is 16.1. The summed E-state index contributed by atoms with van der Waals surface area (Å²) in [6.07, 6.45) is 0. The number of nitrogens with zero attached hydrogens (tertiary/aromatic N) is 2. The Morgan fingerprint density at radius 1 is 1.33 bits per heavy atom. The van der Waals surface area contributed by atoms with Gasteiger partial charge in [-0.1, -0.05) is 0 Å². The molecule has 0 unspecified atom stereocenters. The summed E-state index contributed by atoms with van der Waals surface area (Å²) in [5.74, 6) is -0.0699. The molecule has 0 saturated carbocycles. The monoisotopic (exact) mass is 246 g/mol. The highest BCUT2D eigenvalue weighted by molar-refractivity contribution is 5.92.